The van der Waals surface area contributed by atoms with Crippen molar-refractivity contribution in [2.75, 3.05) is 19.6 Å². The number of rotatable bonds is 11. The van der Waals surface area contributed by atoms with E-state index in [0.717, 1.165) is 6.54 Å². The number of benzene rings is 1. The first-order valence-electron chi connectivity index (χ1n) is 8.76. The minimum Gasteiger partial charge on any atom is -0.309 e. The monoisotopic (exact) mass is 290 g/mol. The van der Waals surface area contributed by atoms with Crippen molar-refractivity contribution in [1.29, 1.82) is 0 Å². The fourth-order valence-electron chi connectivity index (χ4n) is 2.90. The van der Waals surface area contributed by atoms with Crippen LogP contribution in [0.25, 0.3) is 0 Å². The standard InChI is InChI=1S/C19H34N2/c1-5-8-15-21(16-9-6-2)17(4)19(20-7-3)18-13-11-10-12-14-18/h10-14,17,19-20H,5-9,15-16H2,1-4H3. The molecule has 0 aromatic heterocycles. The van der Waals surface area contributed by atoms with Gasteiger partial charge in [0.15, 0.2) is 0 Å². The summed E-state index contributed by atoms with van der Waals surface area (Å²) in [6, 6.07) is 11.9. The molecule has 0 spiro atoms. The van der Waals surface area contributed by atoms with Crippen LogP contribution in [0.4, 0.5) is 0 Å². The lowest BCUT2D eigenvalue weighted by atomic mass is 9.98. The minimum absolute atomic E-state index is 0.421. The molecule has 1 aromatic carbocycles. The number of likely N-dealkylation sites (N-methyl/N-ethyl adjacent to an activating group) is 1. The predicted octanol–water partition coefficient (Wildman–Crippen LogP) is 4.63. The van der Waals surface area contributed by atoms with Gasteiger partial charge in [-0.3, -0.25) is 4.90 Å². The van der Waals surface area contributed by atoms with E-state index in [9.17, 15) is 0 Å². The Balaban J connectivity index is 2.81. The van der Waals surface area contributed by atoms with Crippen molar-refractivity contribution in [3.05, 3.63) is 35.9 Å². The number of nitrogens with one attached hydrogen (secondary N) is 1. The Morgan fingerprint density at radius 3 is 2.00 bits per heavy atom. The Labute approximate surface area is 131 Å². The summed E-state index contributed by atoms with van der Waals surface area (Å²) >= 11 is 0. The van der Waals surface area contributed by atoms with Gasteiger partial charge in [0.25, 0.3) is 0 Å². The van der Waals surface area contributed by atoms with E-state index in [0.29, 0.717) is 12.1 Å². The van der Waals surface area contributed by atoms with Crippen LogP contribution < -0.4 is 5.32 Å². The molecule has 0 bridgehead atoms. The van der Waals surface area contributed by atoms with E-state index < -0.39 is 0 Å². The van der Waals surface area contributed by atoms with Crippen LogP contribution in [0.3, 0.4) is 0 Å². The van der Waals surface area contributed by atoms with Crippen LogP contribution in [0.2, 0.25) is 0 Å². The molecule has 2 nitrogen and oxygen atoms in total. The Morgan fingerprint density at radius 1 is 0.952 bits per heavy atom. The molecule has 0 saturated heterocycles. The SMILES string of the molecule is CCCCN(CCCC)C(C)C(NCC)c1ccccc1. The van der Waals surface area contributed by atoms with E-state index >= 15 is 0 Å². The van der Waals surface area contributed by atoms with E-state index in [1.165, 1.54) is 44.3 Å². The summed E-state index contributed by atoms with van der Waals surface area (Å²) in [5.41, 5.74) is 1.41. The van der Waals surface area contributed by atoms with Crippen LogP contribution >= 0.6 is 0 Å². The zero-order chi connectivity index (χ0) is 15.5. The number of unbranched alkanes of at least 4 members (excludes halogenated alkanes) is 2. The van der Waals surface area contributed by atoms with Crippen molar-refractivity contribution < 1.29 is 0 Å². The fourth-order valence-corrected chi connectivity index (χ4v) is 2.90. The van der Waals surface area contributed by atoms with E-state index in [-0.39, 0.29) is 0 Å². The lowest BCUT2D eigenvalue weighted by Crippen LogP contribution is -2.44. The Morgan fingerprint density at radius 2 is 1.52 bits per heavy atom. The molecule has 21 heavy (non-hydrogen) atoms. The van der Waals surface area contributed by atoms with Crippen molar-refractivity contribution in [1.82, 2.24) is 10.2 Å². The van der Waals surface area contributed by atoms with E-state index in [1.807, 2.05) is 0 Å². The number of nitrogens with zero attached hydrogens (tertiary/aromatic N) is 1. The maximum atomic E-state index is 3.69. The lowest BCUT2D eigenvalue weighted by Gasteiger charge is -2.35. The second kappa shape index (κ2) is 10.8. The van der Waals surface area contributed by atoms with Gasteiger partial charge in [0.1, 0.15) is 0 Å². The Kier molecular flexibility index (Phi) is 9.36. The molecule has 0 saturated carbocycles. The third-order valence-electron chi connectivity index (χ3n) is 4.24. The molecule has 1 N–H and O–H groups in total. The van der Waals surface area contributed by atoms with E-state index in [2.05, 4.69) is 68.2 Å². The zero-order valence-electron chi connectivity index (χ0n) is 14.4. The maximum Gasteiger partial charge on any atom is 0.0475 e. The first-order valence-corrected chi connectivity index (χ1v) is 8.76. The second-order valence-corrected chi connectivity index (χ2v) is 5.93. The summed E-state index contributed by atoms with van der Waals surface area (Å²) in [6.07, 6.45) is 5.13. The molecule has 0 amide bonds. The summed E-state index contributed by atoms with van der Waals surface area (Å²) in [6.45, 7) is 12.6. The highest BCUT2D eigenvalue weighted by atomic mass is 15.2. The summed E-state index contributed by atoms with van der Waals surface area (Å²) in [5, 5.41) is 3.69. The summed E-state index contributed by atoms with van der Waals surface area (Å²) in [5.74, 6) is 0. The lowest BCUT2D eigenvalue weighted by molar-refractivity contribution is 0.165. The molecule has 120 valence electrons. The minimum atomic E-state index is 0.421. The van der Waals surface area contributed by atoms with Crippen LogP contribution in [0, 0.1) is 0 Å². The maximum absolute atomic E-state index is 3.69. The van der Waals surface area contributed by atoms with Gasteiger partial charge < -0.3 is 5.32 Å². The first-order chi connectivity index (χ1) is 10.2. The summed E-state index contributed by atoms with van der Waals surface area (Å²) in [4.78, 5) is 2.67. The molecule has 0 aliphatic heterocycles. The summed E-state index contributed by atoms with van der Waals surface area (Å²) in [7, 11) is 0. The molecule has 2 heteroatoms. The van der Waals surface area contributed by atoms with Crippen molar-refractivity contribution in [2.45, 2.75) is 65.5 Å². The normalized spacial score (nSPS) is 14.3. The molecule has 1 aromatic rings. The third-order valence-corrected chi connectivity index (χ3v) is 4.24. The molecular weight excluding hydrogens is 256 g/mol. The smallest absolute Gasteiger partial charge is 0.0475 e. The Hall–Kier alpha value is -0.860. The van der Waals surface area contributed by atoms with Gasteiger partial charge in [0.2, 0.25) is 0 Å². The number of hydrogen-bond donors (Lipinski definition) is 1. The van der Waals surface area contributed by atoms with E-state index in [1.54, 1.807) is 0 Å². The van der Waals surface area contributed by atoms with Gasteiger partial charge in [-0.2, -0.15) is 0 Å². The van der Waals surface area contributed by atoms with E-state index in [4.69, 9.17) is 0 Å². The Bertz CT molecular complexity index is 342. The second-order valence-electron chi connectivity index (χ2n) is 5.93. The average Bonchev–Trinajstić information content (AvgIpc) is 2.53. The molecule has 0 aliphatic carbocycles. The van der Waals surface area contributed by atoms with Crippen LogP contribution in [0.5, 0.6) is 0 Å². The molecule has 0 radical (unpaired) electrons. The molecule has 2 unspecified atom stereocenters. The predicted molar refractivity (Wildman–Crippen MR) is 93.7 cm³/mol. The fraction of sp³-hybridized carbons (Fsp3) is 0.684. The molecular formula is C19H34N2. The molecule has 0 heterocycles. The van der Waals surface area contributed by atoms with Gasteiger partial charge in [-0.05, 0) is 45.0 Å². The highest BCUT2D eigenvalue weighted by Gasteiger charge is 2.23. The molecule has 2 atom stereocenters. The van der Waals surface area contributed by atoms with Crippen molar-refractivity contribution in [2.24, 2.45) is 0 Å². The van der Waals surface area contributed by atoms with Gasteiger partial charge in [-0.1, -0.05) is 63.9 Å². The van der Waals surface area contributed by atoms with Gasteiger partial charge in [0.05, 0.1) is 0 Å². The van der Waals surface area contributed by atoms with Gasteiger partial charge in [-0.25, -0.2) is 0 Å². The highest BCUT2D eigenvalue weighted by molar-refractivity contribution is 5.20. The average molecular weight is 290 g/mol. The first kappa shape index (κ1) is 18.2. The van der Waals surface area contributed by atoms with Gasteiger partial charge >= 0.3 is 0 Å². The zero-order valence-corrected chi connectivity index (χ0v) is 14.4. The van der Waals surface area contributed by atoms with Gasteiger partial charge in [-0.15, -0.1) is 0 Å². The number of hydrogen-bond acceptors (Lipinski definition) is 2. The van der Waals surface area contributed by atoms with Crippen LogP contribution in [-0.2, 0) is 0 Å². The van der Waals surface area contributed by atoms with Crippen LogP contribution in [-0.4, -0.2) is 30.6 Å². The highest BCUT2D eigenvalue weighted by Crippen LogP contribution is 2.22. The van der Waals surface area contributed by atoms with Crippen molar-refractivity contribution >= 4 is 0 Å². The molecule has 0 aliphatic rings. The van der Waals surface area contributed by atoms with Crippen LogP contribution in [0.15, 0.2) is 30.3 Å². The van der Waals surface area contributed by atoms with Crippen molar-refractivity contribution in [3.8, 4) is 0 Å². The molecule has 1 rings (SSSR count). The van der Waals surface area contributed by atoms with Crippen molar-refractivity contribution in [3.63, 3.8) is 0 Å². The summed E-state index contributed by atoms with van der Waals surface area (Å²) < 4.78 is 0. The van der Waals surface area contributed by atoms with Crippen LogP contribution in [0.1, 0.15) is 65.0 Å². The third kappa shape index (κ3) is 6.19. The quantitative estimate of drug-likeness (QED) is 0.639. The largest absolute Gasteiger partial charge is 0.309 e. The van der Waals surface area contributed by atoms with Gasteiger partial charge in [0, 0.05) is 12.1 Å². The molecule has 0 fully saturated rings. The topological polar surface area (TPSA) is 15.3 Å².